The molecule has 1 aromatic heterocycles. The summed E-state index contributed by atoms with van der Waals surface area (Å²) >= 11 is 6.04. The number of aromatic nitrogens is 1. The van der Waals surface area contributed by atoms with Crippen molar-refractivity contribution in [3.63, 3.8) is 0 Å². The van der Waals surface area contributed by atoms with Crippen LogP contribution in [0.2, 0.25) is 5.02 Å². The molecule has 0 atom stereocenters. The number of amides is 1. The molecule has 0 aliphatic heterocycles. The van der Waals surface area contributed by atoms with E-state index in [2.05, 4.69) is 5.32 Å². The van der Waals surface area contributed by atoms with Crippen molar-refractivity contribution in [3.8, 4) is 0 Å². The maximum atomic E-state index is 13.1. The van der Waals surface area contributed by atoms with Gasteiger partial charge in [0, 0.05) is 5.69 Å². The van der Waals surface area contributed by atoms with Gasteiger partial charge in [-0.1, -0.05) is 41.9 Å². The van der Waals surface area contributed by atoms with Crippen LogP contribution in [-0.2, 0) is 21.2 Å². The number of benzene rings is 2. The van der Waals surface area contributed by atoms with Gasteiger partial charge in [-0.05, 0) is 49.7 Å². The van der Waals surface area contributed by atoms with Crippen LogP contribution in [0.4, 0.5) is 5.69 Å². The molecular formula is C21H19ClN2O4S. The number of carbonyl (C=O) groups excluding carboxylic acids is 1. The maximum Gasteiger partial charge on any atom is 0.270 e. The molecule has 0 saturated carbocycles. The third-order valence-electron chi connectivity index (χ3n) is 4.42. The standard InChI is InChI=1S/C21H19ClN2O4S/c1-14-12-15(2)24(13-19(25)23-18-11-7-6-10-17(18)22)21(26)20(14)29(27,28)16-8-4-3-5-9-16/h3-12H,13H2,1-2H3,(H,23,25). The first-order valence-corrected chi connectivity index (χ1v) is 10.6. The van der Waals surface area contributed by atoms with Gasteiger partial charge in [-0.15, -0.1) is 0 Å². The van der Waals surface area contributed by atoms with Crippen LogP contribution in [0, 0.1) is 13.8 Å². The molecule has 1 amide bonds. The Morgan fingerprint density at radius 2 is 1.66 bits per heavy atom. The zero-order valence-corrected chi connectivity index (χ0v) is 17.4. The maximum absolute atomic E-state index is 13.1. The average Bonchev–Trinajstić information content (AvgIpc) is 2.67. The molecule has 0 spiro atoms. The number of nitrogens with zero attached hydrogens (tertiary/aromatic N) is 1. The third kappa shape index (κ3) is 4.26. The molecule has 0 aliphatic rings. The van der Waals surface area contributed by atoms with Crippen molar-refractivity contribution in [1.82, 2.24) is 4.57 Å². The van der Waals surface area contributed by atoms with E-state index in [1.54, 1.807) is 62.4 Å². The van der Waals surface area contributed by atoms with Gasteiger partial charge in [-0.2, -0.15) is 0 Å². The fourth-order valence-electron chi connectivity index (χ4n) is 3.05. The van der Waals surface area contributed by atoms with Crippen LogP contribution in [0.25, 0.3) is 0 Å². The number of anilines is 1. The normalized spacial score (nSPS) is 11.3. The first kappa shape index (κ1) is 20.8. The molecule has 0 unspecified atom stereocenters. The number of carbonyl (C=O) groups is 1. The van der Waals surface area contributed by atoms with Gasteiger partial charge in [0.2, 0.25) is 15.7 Å². The van der Waals surface area contributed by atoms with Crippen molar-refractivity contribution >= 4 is 33.0 Å². The molecule has 3 rings (SSSR count). The zero-order chi connectivity index (χ0) is 21.2. The highest BCUT2D eigenvalue weighted by Gasteiger charge is 2.26. The SMILES string of the molecule is Cc1cc(C)n(CC(=O)Nc2ccccc2Cl)c(=O)c1S(=O)(=O)c1ccccc1. The lowest BCUT2D eigenvalue weighted by Gasteiger charge is -2.15. The van der Waals surface area contributed by atoms with Crippen LogP contribution in [0.1, 0.15) is 11.3 Å². The van der Waals surface area contributed by atoms with Gasteiger partial charge in [0.15, 0.2) is 0 Å². The molecule has 1 N–H and O–H groups in total. The highest BCUT2D eigenvalue weighted by atomic mass is 35.5. The Balaban J connectivity index is 2.01. The summed E-state index contributed by atoms with van der Waals surface area (Å²) in [6.07, 6.45) is 0. The molecule has 1 heterocycles. The van der Waals surface area contributed by atoms with Crippen molar-refractivity contribution in [2.24, 2.45) is 0 Å². The van der Waals surface area contributed by atoms with Gasteiger partial charge in [0.05, 0.1) is 15.6 Å². The molecule has 2 aromatic carbocycles. The summed E-state index contributed by atoms with van der Waals surface area (Å²) in [5, 5.41) is 3.00. The minimum atomic E-state index is -4.03. The molecule has 29 heavy (non-hydrogen) atoms. The van der Waals surface area contributed by atoms with E-state index >= 15 is 0 Å². The second-order valence-electron chi connectivity index (χ2n) is 6.53. The number of pyridine rings is 1. The van der Waals surface area contributed by atoms with E-state index in [9.17, 15) is 18.0 Å². The van der Waals surface area contributed by atoms with Crippen molar-refractivity contribution in [2.45, 2.75) is 30.2 Å². The van der Waals surface area contributed by atoms with Gasteiger partial charge < -0.3 is 9.88 Å². The molecular weight excluding hydrogens is 412 g/mol. The molecule has 8 heteroatoms. The van der Waals surface area contributed by atoms with Crippen LogP contribution in [0.3, 0.4) is 0 Å². The van der Waals surface area contributed by atoms with Gasteiger partial charge in [0.1, 0.15) is 11.4 Å². The number of sulfone groups is 1. The summed E-state index contributed by atoms with van der Waals surface area (Å²) in [6.45, 7) is 2.88. The number of hydrogen-bond donors (Lipinski definition) is 1. The van der Waals surface area contributed by atoms with Gasteiger partial charge in [0.25, 0.3) is 5.56 Å². The summed E-state index contributed by atoms with van der Waals surface area (Å²) in [7, 11) is -4.03. The second-order valence-corrected chi connectivity index (χ2v) is 8.83. The second kappa shape index (κ2) is 8.23. The zero-order valence-electron chi connectivity index (χ0n) is 15.8. The summed E-state index contributed by atoms with van der Waals surface area (Å²) < 4.78 is 27.2. The van der Waals surface area contributed by atoms with Gasteiger partial charge >= 0.3 is 0 Å². The molecule has 0 aliphatic carbocycles. The molecule has 6 nitrogen and oxygen atoms in total. The van der Waals surface area contributed by atoms with E-state index in [-0.39, 0.29) is 16.3 Å². The predicted octanol–water partition coefficient (Wildman–Crippen LogP) is 3.59. The Morgan fingerprint density at radius 3 is 2.31 bits per heavy atom. The largest absolute Gasteiger partial charge is 0.323 e. The molecule has 150 valence electrons. The molecule has 0 radical (unpaired) electrons. The number of hydrogen-bond acceptors (Lipinski definition) is 4. The smallest absolute Gasteiger partial charge is 0.270 e. The molecule has 3 aromatic rings. The van der Waals surface area contributed by atoms with E-state index in [4.69, 9.17) is 11.6 Å². The summed E-state index contributed by atoms with van der Waals surface area (Å²) in [5.41, 5.74) is 0.489. The van der Waals surface area contributed by atoms with Crippen molar-refractivity contribution in [2.75, 3.05) is 5.32 Å². The Labute approximate surface area is 173 Å². The fraction of sp³-hybridized carbons (Fsp3) is 0.143. The minimum Gasteiger partial charge on any atom is -0.323 e. The van der Waals surface area contributed by atoms with Gasteiger partial charge in [-0.25, -0.2) is 8.42 Å². The first-order chi connectivity index (χ1) is 13.7. The van der Waals surface area contributed by atoms with Crippen molar-refractivity contribution in [3.05, 3.63) is 87.3 Å². The van der Waals surface area contributed by atoms with E-state index in [0.717, 1.165) is 4.57 Å². The topological polar surface area (TPSA) is 85.2 Å². The monoisotopic (exact) mass is 430 g/mol. The van der Waals surface area contributed by atoms with Crippen LogP contribution < -0.4 is 10.9 Å². The Kier molecular flexibility index (Phi) is 5.91. The lowest BCUT2D eigenvalue weighted by Crippen LogP contribution is -2.33. The minimum absolute atomic E-state index is 0.0242. The molecule has 0 bridgehead atoms. The van der Waals surface area contributed by atoms with E-state index in [0.29, 0.717) is 22.0 Å². The lowest BCUT2D eigenvalue weighted by molar-refractivity contribution is -0.116. The predicted molar refractivity (Wildman–Crippen MR) is 112 cm³/mol. The lowest BCUT2D eigenvalue weighted by atomic mass is 10.2. The Bertz CT molecular complexity index is 1240. The number of halogens is 1. The quantitative estimate of drug-likeness (QED) is 0.670. The summed E-state index contributed by atoms with van der Waals surface area (Å²) in [5.74, 6) is -0.491. The third-order valence-corrected chi connectivity index (χ3v) is 6.68. The first-order valence-electron chi connectivity index (χ1n) is 8.77. The van der Waals surface area contributed by atoms with E-state index < -0.39 is 21.3 Å². The fourth-order valence-corrected chi connectivity index (χ4v) is 4.80. The van der Waals surface area contributed by atoms with E-state index in [1.807, 2.05) is 0 Å². The number of aryl methyl sites for hydroxylation is 2. The Hall–Kier alpha value is -2.90. The highest BCUT2D eigenvalue weighted by molar-refractivity contribution is 7.91. The molecule has 0 fully saturated rings. The van der Waals surface area contributed by atoms with Crippen molar-refractivity contribution < 1.29 is 13.2 Å². The molecule has 0 saturated heterocycles. The van der Waals surface area contributed by atoms with Crippen LogP contribution in [-0.4, -0.2) is 18.9 Å². The van der Waals surface area contributed by atoms with Crippen LogP contribution in [0.15, 0.2) is 75.2 Å². The van der Waals surface area contributed by atoms with E-state index in [1.165, 1.54) is 12.1 Å². The Morgan fingerprint density at radius 1 is 1.03 bits per heavy atom. The summed E-state index contributed by atoms with van der Waals surface area (Å²) in [6, 6.07) is 16.0. The summed E-state index contributed by atoms with van der Waals surface area (Å²) in [4.78, 5) is 25.2. The number of nitrogens with one attached hydrogen (secondary N) is 1. The highest BCUT2D eigenvalue weighted by Crippen LogP contribution is 2.22. The van der Waals surface area contributed by atoms with Crippen LogP contribution >= 0.6 is 11.6 Å². The number of rotatable bonds is 5. The average molecular weight is 431 g/mol. The number of para-hydroxylation sites is 1. The van der Waals surface area contributed by atoms with Crippen LogP contribution in [0.5, 0.6) is 0 Å². The van der Waals surface area contributed by atoms with Crippen molar-refractivity contribution in [1.29, 1.82) is 0 Å². The van der Waals surface area contributed by atoms with Gasteiger partial charge in [-0.3, -0.25) is 9.59 Å².